The second-order valence-electron chi connectivity index (χ2n) is 9.30. The minimum Gasteiger partial charge on any atom is -0.483 e. The molecule has 1 aliphatic rings. The summed E-state index contributed by atoms with van der Waals surface area (Å²) in [5.74, 6) is 5.42. The summed E-state index contributed by atoms with van der Waals surface area (Å²) in [6, 6.07) is 13.9. The van der Waals surface area contributed by atoms with Gasteiger partial charge in [0.05, 0.1) is 18.7 Å². The fraction of sp³-hybridized carbons (Fsp3) is 0.370. The van der Waals surface area contributed by atoms with E-state index in [1.807, 2.05) is 30.3 Å². The largest absolute Gasteiger partial charge is 0.483 e. The number of nitrogens with zero attached hydrogens (tertiary/aromatic N) is 3. The molecular weight excluding hydrogens is 524 g/mol. The third-order valence-electron chi connectivity index (χ3n) is 6.59. The van der Waals surface area contributed by atoms with Gasteiger partial charge in [0, 0.05) is 55.1 Å². The zero-order valence-corrected chi connectivity index (χ0v) is 22.6. The van der Waals surface area contributed by atoms with Crippen LogP contribution in [-0.2, 0) is 37.3 Å². The third-order valence-corrected chi connectivity index (χ3v) is 8.61. The molecule has 2 heterocycles. The minimum atomic E-state index is -3.77. The summed E-state index contributed by atoms with van der Waals surface area (Å²) in [4.78, 5) is 22.8. The molecule has 0 bridgehead atoms. The highest BCUT2D eigenvalue weighted by atomic mass is 32.2. The van der Waals surface area contributed by atoms with E-state index in [2.05, 4.69) is 34.0 Å². The highest BCUT2D eigenvalue weighted by molar-refractivity contribution is 7.92. The van der Waals surface area contributed by atoms with Crippen LogP contribution in [0.3, 0.4) is 0 Å². The Morgan fingerprint density at radius 1 is 1.15 bits per heavy atom. The lowest BCUT2D eigenvalue weighted by Gasteiger charge is -2.26. The molecule has 1 amide bonds. The number of nitrogens with one attached hydrogen (secondary N) is 1. The number of carbonyl (C=O) groups is 2. The number of ether oxygens (including phenoxy) is 1. The van der Waals surface area contributed by atoms with Crippen molar-refractivity contribution < 1.29 is 33.1 Å². The first-order valence-corrected chi connectivity index (χ1v) is 14.1. The van der Waals surface area contributed by atoms with Crippen LogP contribution >= 0.6 is 0 Å². The number of fused-ring (bicyclic) bond motifs is 1. The summed E-state index contributed by atoms with van der Waals surface area (Å²) in [5.41, 5.74) is 5.21. The van der Waals surface area contributed by atoms with Gasteiger partial charge >= 0.3 is 0 Å². The van der Waals surface area contributed by atoms with Gasteiger partial charge in [0.1, 0.15) is 0 Å². The molecule has 208 valence electrons. The SMILES string of the molecule is C[C@@](CCn1cc2cc(C#Cc3ccc(CN4CCOCC4)cc3)ccc2n1)(C(=O)NO)S(C)(=O)=O.O=CO. The number of benzene rings is 2. The molecule has 0 unspecified atom stereocenters. The molecule has 0 saturated carbocycles. The molecular formula is C27H32N4O7S. The predicted molar refractivity (Wildman–Crippen MR) is 145 cm³/mol. The van der Waals surface area contributed by atoms with E-state index in [9.17, 15) is 13.2 Å². The summed E-state index contributed by atoms with van der Waals surface area (Å²) in [6.07, 6.45) is 2.73. The standard InChI is InChI=1S/C26H30N4O5S.CH2O2/c1-26(25(31)28-32,36(2,33)34)11-12-30-19-23-17-21(9-10-24(23)27-30)6-3-20-4-7-22(8-5-20)18-29-13-15-35-16-14-29;2-1-3/h4-5,7-10,17,19,32H,11-16,18H2,1-2H3,(H,28,31);1H,(H,2,3)/t26-;/m1./s1. The third kappa shape index (κ3) is 7.87. The number of sulfone groups is 1. The van der Waals surface area contributed by atoms with Crippen molar-refractivity contribution in [2.45, 2.75) is 31.2 Å². The van der Waals surface area contributed by atoms with Crippen LogP contribution in [0, 0.1) is 11.8 Å². The van der Waals surface area contributed by atoms with Gasteiger partial charge in [-0.1, -0.05) is 24.0 Å². The number of aromatic nitrogens is 2. The van der Waals surface area contributed by atoms with Gasteiger partial charge in [-0.15, -0.1) is 0 Å². The maximum atomic E-state index is 12.2. The van der Waals surface area contributed by atoms with E-state index in [1.165, 1.54) is 18.0 Å². The molecule has 1 atom stereocenters. The minimum absolute atomic E-state index is 0.0413. The predicted octanol–water partition coefficient (Wildman–Crippen LogP) is 1.67. The number of carbonyl (C=O) groups excluding carboxylic acids is 1. The van der Waals surface area contributed by atoms with Gasteiger partial charge in [-0.3, -0.25) is 24.4 Å². The molecule has 4 rings (SSSR count). The number of hydrogen-bond acceptors (Lipinski definition) is 8. The Balaban J connectivity index is 0.00000134. The molecule has 1 saturated heterocycles. The van der Waals surface area contributed by atoms with Crippen molar-refractivity contribution in [3.8, 4) is 11.8 Å². The number of morpholine rings is 1. The first-order chi connectivity index (χ1) is 18.6. The number of carboxylic acid groups (broad SMARTS) is 1. The fourth-order valence-electron chi connectivity index (χ4n) is 4.04. The van der Waals surface area contributed by atoms with E-state index in [4.69, 9.17) is 19.8 Å². The highest BCUT2D eigenvalue weighted by Crippen LogP contribution is 2.23. The Morgan fingerprint density at radius 3 is 2.38 bits per heavy atom. The van der Waals surface area contributed by atoms with Gasteiger partial charge in [0.2, 0.25) is 0 Å². The molecule has 3 N–H and O–H groups in total. The quantitative estimate of drug-likeness (QED) is 0.171. The van der Waals surface area contributed by atoms with Crippen molar-refractivity contribution in [2.75, 3.05) is 32.6 Å². The van der Waals surface area contributed by atoms with E-state index in [-0.39, 0.29) is 19.4 Å². The van der Waals surface area contributed by atoms with E-state index < -0.39 is 20.5 Å². The Morgan fingerprint density at radius 2 is 1.77 bits per heavy atom. The van der Waals surface area contributed by atoms with Crippen LogP contribution in [0.15, 0.2) is 48.7 Å². The van der Waals surface area contributed by atoms with Crippen LogP contribution in [0.4, 0.5) is 0 Å². The van der Waals surface area contributed by atoms with Gasteiger partial charge in [0.15, 0.2) is 14.6 Å². The number of hydroxylamine groups is 1. The maximum absolute atomic E-state index is 12.2. The lowest BCUT2D eigenvalue weighted by molar-refractivity contribution is -0.131. The Hall–Kier alpha value is -3.76. The average molecular weight is 557 g/mol. The molecule has 1 aromatic heterocycles. The first kappa shape index (κ1) is 29.8. The van der Waals surface area contributed by atoms with Gasteiger partial charge in [-0.05, 0) is 49.2 Å². The van der Waals surface area contributed by atoms with Gasteiger partial charge < -0.3 is 9.84 Å². The molecule has 1 fully saturated rings. The summed E-state index contributed by atoms with van der Waals surface area (Å²) in [5, 5.41) is 21.2. The van der Waals surface area contributed by atoms with Crippen LogP contribution in [-0.4, -0.2) is 83.1 Å². The maximum Gasteiger partial charge on any atom is 0.290 e. The smallest absolute Gasteiger partial charge is 0.290 e. The van der Waals surface area contributed by atoms with Crippen LogP contribution in [0.2, 0.25) is 0 Å². The second kappa shape index (κ2) is 13.3. The summed E-state index contributed by atoms with van der Waals surface area (Å²) in [7, 11) is -3.77. The average Bonchev–Trinajstić information content (AvgIpc) is 3.33. The first-order valence-electron chi connectivity index (χ1n) is 12.2. The Kier molecular flexibility index (Phi) is 10.2. The van der Waals surface area contributed by atoms with E-state index >= 15 is 0 Å². The van der Waals surface area contributed by atoms with Crippen molar-refractivity contribution in [3.63, 3.8) is 0 Å². The number of hydrogen-bond donors (Lipinski definition) is 3. The summed E-state index contributed by atoms with van der Waals surface area (Å²) >= 11 is 0. The van der Waals surface area contributed by atoms with E-state index in [0.29, 0.717) is 0 Å². The van der Waals surface area contributed by atoms with Gasteiger partial charge in [0.25, 0.3) is 12.4 Å². The van der Waals surface area contributed by atoms with Crippen LogP contribution < -0.4 is 5.48 Å². The lowest BCUT2D eigenvalue weighted by Crippen LogP contribution is -2.49. The molecule has 12 heteroatoms. The molecule has 3 aromatic rings. The van der Waals surface area contributed by atoms with Gasteiger partial charge in [-0.2, -0.15) is 5.10 Å². The van der Waals surface area contributed by atoms with E-state index in [1.54, 1.807) is 10.9 Å². The number of rotatable bonds is 7. The summed E-state index contributed by atoms with van der Waals surface area (Å²) in [6.45, 7) is 5.61. The lowest BCUT2D eigenvalue weighted by atomic mass is 10.1. The molecule has 0 spiro atoms. The topological polar surface area (TPSA) is 151 Å². The number of aryl methyl sites for hydroxylation is 1. The monoisotopic (exact) mass is 556 g/mol. The molecule has 39 heavy (non-hydrogen) atoms. The second-order valence-corrected chi connectivity index (χ2v) is 11.7. The van der Waals surface area contributed by atoms with Crippen molar-refractivity contribution in [1.82, 2.24) is 20.2 Å². The molecule has 0 radical (unpaired) electrons. The molecule has 1 aliphatic heterocycles. The summed E-state index contributed by atoms with van der Waals surface area (Å²) < 4.78 is 29.6. The fourth-order valence-corrected chi connectivity index (χ4v) is 4.88. The van der Waals surface area contributed by atoms with Crippen molar-refractivity contribution in [3.05, 3.63) is 65.4 Å². The Labute approximate surface area is 227 Å². The van der Waals surface area contributed by atoms with E-state index in [0.717, 1.165) is 61.1 Å². The van der Waals surface area contributed by atoms with Crippen molar-refractivity contribution in [2.24, 2.45) is 0 Å². The zero-order valence-electron chi connectivity index (χ0n) is 21.8. The van der Waals surface area contributed by atoms with Crippen molar-refractivity contribution in [1.29, 1.82) is 0 Å². The highest BCUT2D eigenvalue weighted by Gasteiger charge is 2.43. The molecule has 2 aromatic carbocycles. The van der Waals surface area contributed by atoms with Gasteiger partial charge in [-0.25, -0.2) is 13.9 Å². The van der Waals surface area contributed by atoms with Crippen LogP contribution in [0.25, 0.3) is 10.9 Å². The van der Waals surface area contributed by atoms with Crippen LogP contribution in [0.1, 0.15) is 30.0 Å². The number of amides is 1. The zero-order chi connectivity index (χ0) is 28.5. The van der Waals surface area contributed by atoms with Crippen LogP contribution in [0.5, 0.6) is 0 Å². The molecule has 11 nitrogen and oxygen atoms in total. The normalized spacial score (nSPS) is 15.3. The van der Waals surface area contributed by atoms with Crippen molar-refractivity contribution >= 4 is 33.1 Å². The Bertz CT molecular complexity index is 1450. The molecule has 0 aliphatic carbocycles.